The van der Waals surface area contributed by atoms with Crippen molar-refractivity contribution in [3.05, 3.63) is 23.8 Å². The van der Waals surface area contributed by atoms with Crippen LogP contribution in [0.2, 0.25) is 0 Å². The van der Waals surface area contributed by atoms with Gasteiger partial charge in [0.25, 0.3) is 0 Å². The lowest BCUT2D eigenvalue weighted by Gasteiger charge is -2.33. The minimum atomic E-state index is -3.55. The Balaban J connectivity index is 1.71. The van der Waals surface area contributed by atoms with Crippen LogP contribution >= 0.6 is 0 Å². The van der Waals surface area contributed by atoms with Gasteiger partial charge in [-0.25, -0.2) is 13.2 Å². The smallest absolute Gasteiger partial charge is 0.409 e. The molecule has 1 aromatic rings. The van der Waals surface area contributed by atoms with E-state index in [1.54, 1.807) is 25.1 Å². The standard InChI is InChI=1S/C15H20N2O5S/c1-2-21-15(18)16-6-8-17(9-7-16)23(19,20)13-3-4-14-12(11-13)5-10-22-14/h3-4,11H,2,5-10H2,1H3. The lowest BCUT2D eigenvalue weighted by atomic mass is 10.2. The van der Waals surface area contributed by atoms with Gasteiger partial charge in [-0.15, -0.1) is 0 Å². The highest BCUT2D eigenvalue weighted by Crippen LogP contribution is 2.29. The van der Waals surface area contributed by atoms with Crippen LogP contribution in [0.4, 0.5) is 4.79 Å². The Morgan fingerprint density at radius 2 is 2.00 bits per heavy atom. The summed E-state index contributed by atoms with van der Waals surface area (Å²) in [7, 11) is -3.55. The van der Waals surface area contributed by atoms with Crippen molar-refractivity contribution in [1.29, 1.82) is 0 Å². The Morgan fingerprint density at radius 3 is 2.70 bits per heavy atom. The van der Waals surface area contributed by atoms with Crippen molar-refractivity contribution < 1.29 is 22.7 Å². The Morgan fingerprint density at radius 1 is 1.26 bits per heavy atom. The van der Waals surface area contributed by atoms with Crippen LogP contribution < -0.4 is 4.74 Å². The molecule has 8 heteroatoms. The number of piperazine rings is 1. The van der Waals surface area contributed by atoms with E-state index in [-0.39, 0.29) is 24.1 Å². The van der Waals surface area contributed by atoms with E-state index in [2.05, 4.69) is 0 Å². The first-order valence-electron chi connectivity index (χ1n) is 7.70. The largest absolute Gasteiger partial charge is 0.493 e. The number of fused-ring (bicyclic) bond motifs is 1. The van der Waals surface area contributed by atoms with Gasteiger partial charge in [-0.1, -0.05) is 0 Å². The van der Waals surface area contributed by atoms with Crippen LogP contribution in [0.3, 0.4) is 0 Å². The first kappa shape index (κ1) is 16.1. The molecule has 1 fully saturated rings. The summed E-state index contributed by atoms with van der Waals surface area (Å²) in [5.74, 6) is 0.760. The van der Waals surface area contributed by atoms with Gasteiger partial charge in [0.1, 0.15) is 5.75 Å². The van der Waals surface area contributed by atoms with Crippen molar-refractivity contribution in [2.45, 2.75) is 18.2 Å². The van der Waals surface area contributed by atoms with Crippen molar-refractivity contribution in [1.82, 2.24) is 9.21 Å². The van der Waals surface area contributed by atoms with Gasteiger partial charge < -0.3 is 14.4 Å². The fourth-order valence-electron chi connectivity index (χ4n) is 2.80. The van der Waals surface area contributed by atoms with E-state index >= 15 is 0 Å². The molecule has 0 bridgehead atoms. The zero-order chi connectivity index (χ0) is 16.4. The average Bonchev–Trinajstić information content (AvgIpc) is 3.03. The molecule has 0 spiro atoms. The SMILES string of the molecule is CCOC(=O)N1CCN(S(=O)(=O)c2ccc3c(c2)CCO3)CC1. The molecule has 0 aromatic heterocycles. The van der Waals surface area contributed by atoms with Crippen LogP contribution in [0.1, 0.15) is 12.5 Å². The molecule has 1 saturated heterocycles. The van der Waals surface area contributed by atoms with Gasteiger partial charge in [-0.3, -0.25) is 0 Å². The van der Waals surface area contributed by atoms with Crippen LogP contribution in [-0.2, 0) is 21.2 Å². The Bertz CT molecular complexity index is 696. The molecule has 2 aliphatic rings. The number of hydrogen-bond donors (Lipinski definition) is 0. The zero-order valence-electron chi connectivity index (χ0n) is 13.0. The second kappa shape index (κ2) is 6.37. The highest BCUT2D eigenvalue weighted by atomic mass is 32.2. The number of sulfonamides is 1. The van der Waals surface area contributed by atoms with Crippen molar-refractivity contribution in [2.24, 2.45) is 0 Å². The quantitative estimate of drug-likeness (QED) is 0.823. The molecule has 2 aliphatic heterocycles. The molecule has 126 valence electrons. The molecule has 0 unspecified atom stereocenters. The second-order valence-electron chi connectivity index (χ2n) is 5.46. The number of nitrogens with zero attached hydrogens (tertiary/aromatic N) is 2. The van der Waals surface area contributed by atoms with Gasteiger partial charge in [0.05, 0.1) is 18.1 Å². The van der Waals surface area contributed by atoms with Gasteiger partial charge >= 0.3 is 6.09 Å². The van der Waals surface area contributed by atoms with Gasteiger partial charge in [0.15, 0.2) is 0 Å². The predicted octanol–water partition coefficient (Wildman–Crippen LogP) is 1.08. The second-order valence-corrected chi connectivity index (χ2v) is 7.40. The fraction of sp³-hybridized carbons (Fsp3) is 0.533. The molecule has 0 atom stereocenters. The third kappa shape index (κ3) is 3.13. The number of carbonyl (C=O) groups excluding carboxylic acids is 1. The molecular formula is C15H20N2O5S. The van der Waals surface area contributed by atoms with Crippen LogP contribution in [-0.4, -0.2) is 63.1 Å². The monoisotopic (exact) mass is 340 g/mol. The highest BCUT2D eigenvalue weighted by molar-refractivity contribution is 7.89. The van der Waals surface area contributed by atoms with Crippen LogP contribution in [0.15, 0.2) is 23.1 Å². The molecule has 0 radical (unpaired) electrons. The lowest BCUT2D eigenvalue weighted by molar-refractivity contribution is 0.0934. The molecular weight excluding hydrogens is 320 g/mol. The van der Waals surface area contributed by atoms with Crippen LogP contribution in [0.5, 0.6) is 5.75 Å². The first-order chi connectivity index (χ1) is 11.0. The fourth-order valence-corrected chi connectivity index (χ4v) is 4.27. The van der Waals surface area contributed by atoms with E-state index in [1.165, 1.54) is 9.21 Å². The van der Waals surface area contributed by atoms with E-state index < -0.39 is 10.0 Å². The van der Waals surface area contributed by atoms with E-state index in [9.17, 15) is 13.2 Å². The van der Waals surface area contributed by atoms with Crippen molar-refractivity contribution >= 4 is 16.1 Å². The van der Waals surface area contributed by atoms with Crippen molar-refractivity contribution in [3.8, 4) is 5.75 Å². The molecule has 1 aromatic carbocycles. The van der Waals surface area contributed by atoms with Crippen molar-refractivity contribution in [2.75, 3.05) is 39.4 Å². The van der Waals surface area contributed by atoms with Gasteiger partial charge in [0, 0.05) is 32.6 Å². The van der Waals surface area contributed by atoms with E-state index in [0.29, 0.717) is 26.3 Å². The summed E-state index contributed by atoms with van der Waals surface area (Å²) in [6.45, 7) is 3.88. The summed E-state index contributed by atoms with van der Waals surface area (Å²) in [6.07, 6.45) is 0.342. The third-order valence-corrected chi connectivity index (χ3v) is 5.96. The number of amides is 1. The molecule has 0 N–H and O–H groups in total. The minimum Gasteiger partial charge on any atom is -0.493 e. The molecule has 3 rings (SSSR count). The average molecular weight is 340 g/mol. The predicted molar refractivity (Wildman–Crippen MR) is 83.0 cm³/mol. The normalized spacial score (nSPS) is 18.4. The number of rotatable bonds is 3. The Labute approximate surface area is 135 Å². The van der Waals surface area contributed by atoms with Gasteiger partial charge in [-0.05, 0) is 30.7 Å². The van der Waals surface area contributed by atoms with Gasteiger partial charge in [-0.2, -0.15) is 4.31 Å². The molecule has 2 heterocycles. The van der Waals surface area contributed by atoms with Crippen LogP contribution in [0, 0.1) is 0 Å². The summed E-state index contributed by atoms with van der Waals surface area (Å²) in [5.41, 5.74) is 0.927. The molecule has 0 aliphatic carbocycles. The maximum Gasteiger partial charge on any atom is 0.409 e. The third-order valence-electron chi connectivity index (χ3n) is 4.06. The molecule has 0 saturated carbocycles. The van der Waals surface area contributed by atoms with Crippen LogP contribution in [0.25, 0.3) is 0 Å². The maximum atomic E-state index is 12.7. The molecule has 7 nitrogen and oxygen atoms in total. The summed E-state index contributed by atoms with van der Waals surface area (Å²) in [6, 6.07) is 4.98. The van der Waals surface area contributed by atoms with Crippen molar-refractivity contribution in [3.63, 3.8) is 0 Å². The van der Waals surface area contributed by atoms with Gasteiger partial charge in [0.2, 0.25) is 10.0 Å². The first-order valence-corrected chi connectivity index (χ1v) is 9.14. The summed E-state index contributed by atoms with van der Waals surface area (Å²) in [4.78, 5) is 13.5. The summed E-state index contributed by atoms with van der Waals surface area (Å²) in [5, 5.41) is 0. The number of carbonyl (C=O) groups is 1. The lowest BCUT2D eigenvalue weighted by Crippen LogP contribution is -2.50. The highest BCUT2D eigenvalue weighted by Gasteiger charge is 2.31. The topological polar surface area (TPSA) is 76.2 Å². The van der Waals surface area contributed by atoms with E-state index in [1.807, 2.05) is 0 Å². The van der Waals surface area contributed by atoms with E-state index in [4.69, 9.17) is 9.47 Å². The number of ether oxygens (including phenoxy) is 2. The number of hydrogen-bond acceptors (Lipinski definition) is 5. The summed E-state index contributed by atoms with van der Waals surface area (Å²) < 4.78 is 37.2. The zero-order valence-corrected chi connectivity index (χ0v) is 13.8. The number of benzene rings is 1. The minimum absolute atomic E-state index is 0.273. The summed E-state index contributed by atoms with van der Waals surface area (Å²) >= 11 is 0. The molecule has 23 heavy (non-hydrogen) atoms. The molecule has 1 amide bonds. The maximum absolute atomic E-state index is 12.7. The Kier molecular flexibility index (Phi) is 4.45. The van der Waals surface area contributed by atoms with E-state index in [0.717, 1.165) is 17.7 Å². The Hall–Kier alpha value is -1.80.